The second-order valence-electron chi connectivity index (χ2n) is 10.6. The molecule has 6 N–H and O–H groups in total. The molecule has 2 saturated heterocycles. The van der Waals surface area contributed by atoms with Crippen LogP contribution in [0.25, 0.3) is 0 Å². The molecule has 244 valence electrons. The van der Waals surface area contributed by atoms with E-state index in [4.69, 9.17) is 9.47 Å². The molecule has 2 heterocycles. The van der Waals surface area contributed by atoms with Gasteiger partial charge in [0, 0.05) is 105 Å². The van der Waals surface area contributed by atoms with Gasteiger partial charge in [-0.2, -0.15) is 0 Å². The first kappa shape index (κ1) is 35.2. The van der Waals surface area contributed by atoms with Crippen LogP contribution in [0.15, 0.2) is 60.7 Å². The number of nitrogens with zero attached hydrogens (tertiary/aromatic N) is 2. The van der Waals surface area contributed by atoms with Gasteiger partial charge in [0.05, 0.1) is 0 Å². The Morgan fingerprint density at radius 3 is 1.02 bits per heavy atom. The van der Waals surface area contributed by atoms with E-state index in [2.05, 4.69) is 31.9 Å². The Hall–Kier alpha value is -3.26. The van der Waals surface area contributed by atoms with E-state index < -0.39 is 0 Å². The summed E-state index contributed by atoms with van der Waals surface area (Å²) in [5.74, 6) is 0. The van der Waals surface area contributed by atoms with Crippen LogP contribution in [-0.4, -0.2) is 127 Å². The monoisotopic (exact) mass is 612 g/mol. The van der Waals surface area contributed by atoms with Crippen molar-refractivity contribution in [3.05, 3.63) is 71.8 Å². The lowest BCUT2D eigenvalue weighted by Gasteiger charge is -2.26. The van der Waals surface area contributed by atoms with Crippen molar-refractivity contribution in [2.24, 2.45) is 0 Å². The number of carbonyl (C=O) groups excluding carboxylic acids is 2. The van der Waals surface area contributed by atoms with E-state index in [9.17, 15) is 9.59 Å². The number of carbonyl (C=O) groups is 2. The molecule has 0 atom stereocenters. The van der Waals surface area contributed by atoms with Crippen molar-refractivity contribution in [3.8, 4) is 0 Å². The molecule has 0 spiro atoms. The minimum atomic E-state index is -0.319. The molecule has 0 aliphatic carbocycles. The average Bonchev–Trinajstić information content (AvgIpc) is 3.04. The zero-order chi connectivity index (χ0) is 30.9. The predicted molar refractivity (Wildman–Crippen MR) is 174 cm³/mol. The van der Waals surface area contributed by atoms with Crippen molar-refractivity contribution in [2.45, 2.75) is 13.2 Å². The van der Waals surface area contributed by atoms with E-state index in [1.54, 1.807) is 9.80 Å². The lowest BCUT2D eigenvalue weighted by Crippen LogP contribution is -2.46. The highest BCUT2D eigenvalue weighted by Gasteiger charge is 2.18. The lowest BCUT2D eigenvalue weighted by atomic mass is 10.2. The fraction of sp³-hybridized carbons (Fsp3) is 0.562. The van der Waals surface area contributed by atoms with Crippen LogP contribution >= 0.6 is 0 Å². The lowest BCUT2D eigenvalue weighted by molar-refractivity contribution is 0.0924. The molecule has 0 radical (unpaired) electrons. The number of ether oxygens (including phenoxy) is 2. The molecule has 12 heteroatoms. The summed E-state index contributed by atoms with van der Waals surface area (Å²) < 4.78 is 10.9. The first-order valence-corrected chi connectivity index (χ1v) is 15.9. The summed E-state index contributed by atoms with van der Waals surface area (Å²) in [5.41, 5.74) is 1.93. The van der Waals surface area contributed by atoms with Crippen LogP contribution in [0.5, 0.6) is 0 Å². The molecule has 0 saturated carbocycles. The molecule has 2 aromatic rings. The van der Waals surface area contributed by atoms with Crippen molar-refractivity contribution >= 4 is 12.2 Å². The standard InChI is InChI=1S/C24H32N4O4.C8H20N4/c29-23(31-19-21-7-3-1-4-8-21)27-15-11-25-13-17-28(18-14-26-12-16-27)24(30)32-20-22-9-5-2-6-10-22;1-2-10-5-6-12-8-7-11-4-3-9-1/h1-10,25-26H,11-20H2;9-12H,1-8H2. The van der Waals surface area contributed by atoms with Gasteiger partial charge in [0.25, 0.3) is 0 Å². The highest BCUT2D eigenvalue weighted by Crippen LogP contribution is 2.05. The summed E-state index contributed by atoms with van der Waals surface area (Å²) in [6.07, 6.45) is -0.638. The molecule has 4 rings (SSSR count). The van der Waals surface area contributed by atoms with Crippen LogP contribution in [0.3, 0.4) is 0 Å². The maximum Gasteiger partial charge on any atom is 0.410 e. The van der Waals surface area contributed by atoms with E-state index in [0.717, 1.165) is 63.5 Å². The summed E-state index contributed by atoms with van der Waals surface area (Å²) in [6.45, 7) is 13.7. The summed E-state index contributed by atoms with van der Waals surface area (Å²) in [6, 6.07) is 19.3. The van der Waals surface area contributed by atoms with Crippen LogP contribution in [-0.2, 0) is 22.7 Å². The molecular formula is C32H52N8O4. The van der Waals surface area contributed by atoms with E-state index in [1.807, 2.05) is 60.7 Å². The first-order chi connectivity index (χ1) is 21.7. The molecule has 12 nitrogen and oxygen atoms in total. The highest BCUT2D eigenvalue weighted by molar-refractivity contribution is 5.68. The number of rotatable bonds is 4. The second kappa shape index (κ2) is 23.2. The Balaban J connectivity index is 0.000000369. The SMILES string of the molecule is C1CNCCNCCNCCN1.O=C(OCc1ccccc1)N1CCNCCN(C(=O)OCc2ccccc2)CCNCC1. The van der Waals surface area contributed by atoms with Gasteiger partial charge in [-0.1, -0.05) is 60.7 Å². The van der Waals surface area contributed by atoms with Crippen LogP contribution < -0.4 is 31.9 Å². The van der Waals surface area contributed by atoms with Gasteiger partial charge >= 0.3 is 12.2 Å². The number of nitrogens with one attached hydrogen (secondary N) is 6. The van der Waals surface area contributed by atoms with Gasteiger partial charge in [-0.3, -0.25) is 0 Å². The summed E-state index contributed by atoms with van der Waals surface area (Å²) in [5, 5.41) is 20.0. The quantitative estimate of drug-likeness (QED) is 0.295. The topological polar surface area (TPSA) is 131 Å². The molecule has 2 aliphatic rings. The van der Waals surface area contributed by atoms with Gasteiger partial charge in [0.15, 0.2) is 0 Å². The first-order valence-electron chi connectivity index (χ1n) is 15.9. The van der Waals surface area contributed by atoms with Gasteiger partial charge in [0.1, 0.15) is 13.2 Å². The van der Waals surface area contributed by atoms with E-state index in [-0.39, 0.29) is 25.4 Å². The molecule has 0 unspecified atom stereocenters. The zero-order valence-electron chi connectivity index (χ0n) is 26.0. The third-order valence-electron chi connectivity index (χ3n) is 7.07. The maximum absolute atomic E-state index is 12.5. The molecule has 2 fully saturated rings. The van der Waals surface area contributed by atoms with Crippen molar-refractivity contribution in [3.63, 3.8) is 0 Å². The normalized spacial score (nSPS) is 18.1. The summed E-state index contributed by atoms with van der Waals surface area (Å²) in [7, 11) is 0. The van der Waals surface area contributed by atoms with Crippen LogP contribution in [0.1, 0.15) is 11.1 Å². The number of amides is 2. The van der Waals surface area contributed by atoms with E-state index in [0.29, 0.717) is 52.4 Å². The molecule has 0 aromatic heterocycles. The van der Waals surface area contributed by atoms with Crippen molar-refractivity contribution in [2.75, 3.05) is 105 Å². The van der Waals surface area contributed by atoms with Gasteiger partial charge in [-0.05, 0) is 11.1 Å². The maximum atomic E-state index is 12.5. The summed E-state index contributed by atoms with van der Waals surface area (Å²) in [4.78, 5) is 28.4. The Labute approximate surface area is 262 Å². The Morgan fingerprint density at radius 2 is 0.727 bits per heavy atom. The van der Waals surface area contributed by atoms with Gasteiger partial charge in [0.2, 0.25) is 0 Å². The minimum absolute atomic E-state index is 0.261. The molecule has 44 heavy (non-hydrogen) atoms. The predicted octanol–water partition coefficient (Wildman–Crippen LogP) is 0.815. The third kappa shape index (κ3) is 16.0. The van der Waals surface area contributed by atoms with E-state index >= 15 is 0 Å². The summed E-state index contributed by atoms with van der Waals surface area (Å²) >= 11 is 0. The van der Waals surface area contributed by atoms with Gasteiger partial charge in [-0.25, -0.2) is 9.59 Å². The smallest absolute Gasteiger partial charge is 0.410 e. The van der Waals surface area contributed by atoms with Crippen molar-refractivity contribution in [1.82, 2.24) is 41.7 Å². The zero-order valence-corrected chi connectivity index (χ0v) is 26.0. The average molecular weight is 613 g/mol. The van der Waals surface area contributed by atoms with Crippen LogP contribution in [0, 0.1) is 0 Å². The molecular weight excluding hydrogens is 560 g/mol. The van der Waals surface area contributed by atoms with Gasteiger partial charge < -0.3 is 51.2 Å². The third-order valence-corrected chi connectivity index (χ3v) is 7.07. The second-order valence-corrected chi connectivity index (χ2v) is 10.6. The molecule has 2 aliphatic heterocycles. The fourth-order valence-corrected chi connectivity index (χ4v) is 4.52. The minimum Gasteiger partial charge on any atom is -0.445 e. The largest absolute Gasteiger partial charge is 0.445 e. The van der Waals surface area contributed by atoms with Crippen molar-refractivity contribution < 1.29 is 19.1 Å². The van der Waals surface area contributed by atoms with Crippen LogP contribution in [0.2, 0.25) is 0 Å². The highest BCUT2D eigenvalue weighted by atomic mass is 16.6. The Bertz CT molecular complexity index is 893. The number of hydrogen-bond acceptors (Lipinski definition) is 10. The molecule has 0 bridgehead atoms. The Kier molecular flexibility index (Phi) is 18.5. The van der Waals surface area contributed by atoms with Crippen molar-refractivity contribution in [1.29, 1.82) is 0 Å². The number of benzene rings is 2. The molecule has 2 amide bonds. The van der Waals surface area contributed by atoms with Gasteiger partial charge in [-0.15, -0.1) is 0 Å². The van der Waals surface area contributed by atoms with Crippen LogP contribution in [0.4, 0.5) is 9.59 Å². The van der Waals surface area contributed by atoms with E-state index in [1.165, 1.54) is 0 Å². The Morgan fingerprint density at radius 1 is 0.455 bits per heavy atom. The fourth-order valence-electron chi connectivity index (χ4n) is 4.52. The number of hydrogen-bond donors (Lipinski definition) is 6. The molecule has 2 aromatic carbocycles.